The first kappa shape index (κ1) is 6.28. The van der Waals surface area contributed by atoms with Gasteiger partial charge < -0.3 is 9.15 Å². The van der Waals surface area contributed by atoms with Gasteiger partial charge in [0.05, 0.1) is 18.8 Å². The quantitative estimate of drug-likeness (QED) is 0.617. The summed E-state index contributed by atoms with van der Waals surface area (Å²) in [6.07, 6.45) is 1.63. The zero-order valence-electron chi connectivity index (χ0n) is 6.13. The van der Waals surface area contributed by atoms with E-state index < -0.39 is 0 Å². The molecule has 0 atom stereocenters. The lowest BCUT2D eigenvalue weighted by atomic mass is 10.2. The molecule has 2 aromatic rings. The Labute approximate surface area is 64.4 Å². The van der Waals surface area contributed by atoms with Crippen LogP contribution in [0.4, 0.5) is 0 Å². The fourth-order valence-corrected chi connectivity index (χ4v) is 1.08. The van der Waals surface area contributed by atoms with Crippen LogP contribution in [0.5, 0.6) is 5.75 Å². The average molecular weight is 147 g/mol. The highest BCUT2D eigenvalue weighted by Gasteiger charge is 2.01. The molecule has 0 aliphatic heterocycles. The van der Waals surface area contributed by atoms with E-state index in [0.29, 0.717) is 0 Å². The van der Waals surface area contributed by atoms with Crippen molar-refractivity contribution in [2.24, 2.45) is 0 Å². The number of hydrogen-bond donors (Lipinski definition) is 0. The molecule has 0 aliphatic rings. The molecule has 2 nitrogen and oxygen atoms in total. The van der Waals surface area contributed by atoms with Crippen LogP contribution < -0.4 is 4.74 Å². The molecule has 0 aliphatic carbocycles. The van der Waals surface area contributed by atoms with E-state index in [1.165, 1.54) is 0 Å². The smallest absolute Gasteiger partial charge is 0.145 e. The van der Waals surface area contributed by atoms with Gasteiger partial charge >= 0.3 is 0 Å². The lowest BCUT2D eigenvalue weighted by molar-refractivity contribution is 0.419. The van der Waals surface area contributed by atoms with Gasteiger partial charge in [0.15, 0.2) is 0 Å². The van der Waals surface area contributed by atoms with Crippen molar-refractivity contribution in [2.75, 3.05) is 7.11 Å². The van der Waals surface area contributed by atoms with Crippen LogP contribution in [0.15, 0.2) is 28.9 Å². The predicted octanol–water partition coefficient (Wildman–Crippen LogP) is 2.24. The number of ether oxygens (including phenoxy) is 1. The molecule has 0 saturated carbocycles. The van der Waals surface area contributed by atoms with E-state index in [1.54, 1.807) is 19.4 Å². The van der Waals surface area contributed by atoms with Gasteiger partial charge in [0, 0.05) is 6.07 Å². The van der Waals surface area contributed by atoms with Gasteiger partial charge in [-0.3, -0.25) is 0 Å². The van der Waals surface area contributed by atoms with Crippen molar-refractivity contribution in [2.45, 2.75) is 0 Å². The molecule has 1 aromatic carbocycles. The summed E-state index contributed by atoms with van der Waals surface area (Å²) < 4.78 is 10.2. The first-order valence-corrected chi connectivity index (χ1v) is 3.33. The van der Waals surface area contributed by atoms with Gasteiger partial charge in [-0.15, -0.1) is 0 Å². The van der Waals surface area contributed by atoms with Crippen molar-refractivity contribution < 1.29 is 9.15 Å². The summed E-state index contributed by atoms with van der Waals surface area (Å²) in [5.74, 6) is 0.826. The van der Waals surface area contributed by atoms with Crippen LogP contribution in [0.1, 0.15) is 0 Å². The molecule has 2 rings (SSSR count). The summed E-state index contributed by atoms with van der Waals surface area (Å²) in [6, 6.07) is 8.47. The van der Waals surface area contributed by atoms with Crippen molar-refractivity contribution >= 4 is 11.0 Å². The fourth-order valence-electron chi connectivity index (χ4n) is 1.08. The number of furan rings is 1. The minimum Gasteiger partial charge on any atom is -0.496 e. The Morgan fingerprint density at radius 2 is 2.36 bits per heavy atom. The third-order valence-electron chi connectivity index (χ3n) is 1.60. The van der Waals surface area contributed by atoms with Gasteiger partial charge in [-0.1, -0.05) is 0 Å². The highest BCUT2D eigenvalue weighted by molar-refractivity contribution is 5.83. The third kappa shape index (κ3) is 0.871. The first-order valence-electron chi connectivity index (χ1n) is 3.33. The van der Waals surface area contributed by atoms with E-state index in [0.717, 1.165) is 16.7 Å². The molecule has 0 amide bonds. The second-order valence-corrected chi connectivity index (χ2v) is 2.21. The summed E-state index contributed by atoms with van der Waals surface area (Å²) in [5, 5.41) is 0.968. The van der Waals surface area contributed by atoms with Gasteiger partial charge in [-0.25, -0.2) is 0 Å². The number of fused-ring (bicyclic) bond motifs is 1. The van der Waals surface area contributed by atoms with E-state index in [9.17, 15) is 0 Å². The van der Waals surface area contributed by atoms with Gasteiger partial charge in [-0.2, -0.15) is 0 Å². The SMILES string of the molecule is COc1cc[c]c2occc12. The van der Waals surface area contributed by atoms with Crippen molar-refractivity contribution in [3.8, 4) is 5.75 Å². The van der Waals surface area contributed by atoms with E-state index in [2.05, 4.69) is 6.07 Å². The maximum Gasteiger partial charge on any atom is 0.145 e. The molecule has 55 valence electrons. The Balaban J connectivity index is 2.79. The Kier molecular flexibility index (Phi) is 1.32. The molecule has 1 radical (unpaired) electrons. The van der Waals surface area contributed by atoms with Crippen LogP contribution in [-0.2, 0) is 0 Å². The molecule has 1 aromatic heterocycles. The maximum atomic E-state index is 5.12. The zero-order valence-corrected chi connectivity index (χ0v) is 6.13. The topological polar surface area (TPSA) is 22.4 Å². The van der Waals surface area contributed by atoms with Crippen molar-refractivity contribution in [1.82, 2.24) is 0 Å². The van der Waals surface area contributed by atoms with Crippen LogP contribution in [-0.4, -0.2) is 7.11 Å². The molecule has 11 heavy (non-hydrogen) atoms. The molecule has 1 heterocycles. The highest BCUT2D eigenvalue weighted by Crippen LogP contribution is 2.24. The second kappa shape index (κ2) is 2.31. The largest absolute Gasteiger partial charge is 0.496 e. The highest BCUT2D eigenvalue weighted by atomic mass is 16.5. The lowest BCUT2D eigenvalue weighted by Gasteiger charge is -1.97. The van der Waals surface area contributed by atoms with Crippen LogP contribution in [0, 0.1) is 6.07 Å². The van der Waals surface area contributed by atoms with E-state index in [-0.39, 0.29) is 0 Å². The Hall–Kier alpha value is -1.44. The second-order valence-electron chi connectivity index (χ2n) is 2.21. The monoisotopic (exact) mass is 147 g/mol. The summed E-state index contributed by atoms with van der Waals surface area (Å²) in [4.78, 5) is 0. The maximum absolute atomic E-state index is 5.12. The molecule has 0 unspecified atom stereocenters. The van der Waals surface area contributed by atoms with Crippen molar-refractivity contribution in [3.05, 3.63) is 30.5 Å². The molecule has 0 saturated heterocycles. The molecule has 0 N–H and O–H groups in total. The van der Waals surface area contributed by atoms with Crippen LogP contribution in [0.2, 0.25) is 0 Å². The summed E-state index contributed by atoms with van der Waals surface area (Å²) in [5.41, 5.74) is 0.740. The molecule has 0 spiro atoms. The van der Waals surface area contributed by atoms with Crippen LogP contribution in [0.25, 0.3) is 11.0 Å². The lowest BCUT2D eigenvalue weighted by Crippen LogP contribution is -1.81. The van der Waals surface area contributed by atoms with Gasteiger partial charge in [-0.05, 0) is 18.2 Å². The number of hydrogen-bond acceptors (Lipinski definition) is 2. The van der Waals surface area contributed by atoms with E-state index in [1.807, 2.05) is 12.1 Å². The van der Waals surface area contributed by atoms with Crippen molar-refractivity contribution in [3.63, 3.8) is 0 Å². The normalized spacial score (nSPS) is 10.3. The Morgan fingerprint density at radius 1 is 1.45 bits per heavy atom. The standard InChI is InChI=1S/C9H7O2/c1-10-8-3-2-4-9-7(8)5-6-11-9/h2-3,5-6H,1H3. The average Bonchev–Trinajstić information content (AvgIpc) is 2.50. The van der Waals surface area contributed by atoms with Gasteiger partial charge in [0.25, 0.3) is 0 Å². The fraction of sp³-hybridized carbons (Fsp3) is 0.111. The minimum atomic E-state index is 0.740. The summed E-state index contributed by atoms with van der Waals surface area (Å²) in [6.45, 7) is 0. The third-order valence-corrected chi connectivity index (χ3v) is 1.60. The summed E-state index contributed by atoms with van der Waals surface area (Å²) in [7, 11) is 1.64. The van der Waals surface area contributed by atoms with Crippen molar-refractivity contribution in [1.29, 1.82) is 0 Å². The van der Waals surface area contributed by atoms with E-state index >= 15 is 0 Å². The molecular weight excluding hydrogens is 140 g/mol. The van der Waals surface area contributed by atoms with Gasteiger partial charge in [0.2, 0.25) is 0 Å². The van der Waals surface area contributed by atoms with Crippen LogP contribution in [0.3, 0.4) is 0 Å². The predicted molar refractivity (Wildman–Crippen MR) is 41.6 cm³/mol. The first-order chi connectivity index (χ1) is 5.42. The zero-order chi connectivity index (χ0) is 7.68. The Morgan fingerprint density at radius 3 is 3.18 bits per heavy atom. The summed E-state index contributed by atoms with van der Waals surface area (Å²) >= 11 is 0. The Bertz CT molecular complexity index is 362. The molecule has 2 heteroatoms. The molecule has 0 bridgehead atoms. The number of methoxy groups -OCH3 is 1. The van der Waals surface area contributed by atoms with Crippen LogP contribution >= 0.6 is 0 Å². The molecule has 0 fully saturated rings. The van der Waals surface area contributed by atoms with E-state index in [4.69, 9.17) is 9.15 Å². The van der Waals surface area contributed by atoms with Gasteiger partial charge in [0.1, 0.15) is 11.3 Å². The number of benzene rings is 1. The number of rotatable bonds is 1. The minimum absolute atomic E-state index is 0.740. The molecular formula is C9H7O2.